The standard InChI is InChI=1S/C28H42N2O2/c1-7-18-30(21-23-8-12-25(13-9-23)29(4)5)19-16-28(17-20-32-27(2,3)22-28)24-10-14-26(31-6)15-11-24/h8-15H,7,16-22H2,1-6H3/p+1/t28-/m1/s1. The summed E-state index contributed by atoms with van der Waals surface area (Å²) in [5.74, 6) is 0.926. The predicted molar refractivity (Wildman–Crippen MR) is 134 cm³/mol. The van der Waals surface area contributed by atoms with E-state index in [1.807, 2.05) is 0 Å². The molecule has 0 radical (unpaired) electrons. The Bertz CT molecular complexity index is 830. The van der Waals surface area contributed by atoms with E-state index >= 15 is 0 Å². The first-order chi connectivity index (χ1) is 15.3. The maximum absolute atomic E-state index is 6.13. The van der Waals surface area contributed by atoms with Crippen LogP contribution in [0.2, 0.25) is 0 Å². The SMILES string of the molecule is CCC[NH+](CC[C@@]1(c2ccc(OC)cc2)CCOC(C)(C)C1)Cc1ccc(N(C)C)cc1. The molecule has 1 aliphatic heterocycles. The van der Waals surface area contributed by atoms with Crippen molar-refractivity contribution >= 4 is 5.69 Å². The summed E-state index contributed by atoms with van der Waals surface area (Å²) >= 11 is 0. The number of rotatable bonds is 10. The van der Waals surface area contributed by atoms with Crippen LogP contribution in [0.5, 0.6) is 5.75 Å². The molecule has 0 spiro atoms. The average Bonchev–Trinajstić information content (AvgIpc) is 2.77. The van der Waals surface area contributed by atoms with E-state index in [-0.39, 0.29) is 11.0 Å². The summed E-state index contributed by atoms with van der Waals surface area (Å²) in [6.45, 7) is 11.1. The summed E-state index contributed by atoms with van der Waals surface area (Å²) in [4.78, 5) is 3.83. The van der Waals surface area contributed by atoms with Crippen molar-refractivity contribution < 1.29 is 14.4 Å². The summed E-state index contributed by atoms with van der Waals surface area (Å²) in [6, 6.07) is 17.8. The quantitative estimate of drug-likeness (QED) is 0.591. The minimum absolute atomic E-state index is 0.0922. The molecule has 2 aromatic carbocycles. The predicted octanol–water partition coefficient (Wildman–Crippen LogP) is 4.47. The van der Waals surface area contributed by atoms with Crippen molar-refractivity contribution in [2.24, 2.45) is 0 Å². The van der Waals surface area contributed by atoms with Gasteiger partial charge < -0.3 is 19.3 Å². The van der Waals surface area contributed by atoms with Gasteiger partial charge in [0.15, 0.2) is 0 Å². The molecule has 1 heterocycles. The van der Waals surface area contributed by atoms with Crippen molar-refractivity contribution in [2.75, 3.05) is 45.8 Å². The van der Waals surface area contributed by atoms with Gasteiger partial charge >= 0.3 is 0 Å². The van der Waals surface area contributed by atoms with Crippen LogP contribution < -0.4 is 14.5 Å². The van der Waals surface area contributed by atoms with E-state index < -0.39 is 0 Å². The fraction of sp³-hybridized carbons (Fsp3) is 0.571. The second-order valence-electron chi connectivity index (χ2n) is 10.3. The zero-order valence-electron chi connectivity index (χ0n) is 21.0. The minimum atomic E-state index is -0.0922. The third-order valence-electron chi connectivity index (χ3n) is 7.01. The molecule has 4 heteroatoms. The largest absolute Gasteiger partial charge is 0.497 e. The summed E-state index contributed by atoms with van der Waals surface area (Å²) < 4.78 is 11.6. The molecule has 0 amide bonds. The van der Waals surface area contributed by atoms with E-state index in [0.29, 0.717) is 0 Å². The molecule has 1 saturated heterocycles. The number of quaternary nitrogens is 1. The lowest BCUT2D eigenvalue weighted by Crippen LogP contribution is -3.10. The normalized spacial score (nSPS) is 21.2. The van der Waals surface area contributed by atoms with Gasteiger partial charge in [-0.15, -0.1) is 0 Å². The Balaban J connectivity index is 1.77. The summed E-state index contributed by atoms with van der Waals surface area (Å²) in [5.41, 5.74) is 4.17. The number of benzene rings is 2. The van der Waals surface area contributed by atoms with E-state index in [9.17, 15) is 0 Å². The van der Waals surface area contributed by atoms with E-state index in [1.54, 1.807) is 12.0 Å². The molecule has 2 atom stereocenters. The molecule has 3 rings (SSSR count). The topological polar surface area (TPSA) is 26.1 Å². The fourth-order valence-corrected chi connectivity index (χ4v) is 5.30. The first-order valence-electron chi connectivity index (χ1n) is 12.2. The van der Waals surface area contributed by atoms with Gasteiger partial charge in [0.05, 0.1) is 25.8 Å². The van der Waals surface area contributed by atoms with Crippen molar-refractivity contribution in [1.82, 2.24) is 0 Å². The molecule has 4 nitrogen and oxygen atoms in total. The van der Waals surface area contributed by atoms with Crippen LogP contribution >= 0.6 is 0 Å². The van der Waals surface area contributed by atoms with Gasteiger partial charge in [0.1, 0.15) is 12.3 Å². The molecule has 1 aliphatic rings. The number of nitrogens with zero attached hydrogens (tertiary/aromatic N) is 1. The van der Waals surface area contributed by atoms with Crippen molar-refractivity contribution in [2.45, 2.75) is 64.0 Å². The number of ether oxygens (including phenoxy) is 2. The maximum Gasteiger partial charge on any atom is 0.118 e. The van der Waals surface area contributed by atoms with Gasteiger partial charge in [-0.1, -0.05) is 31.2 Å². The number of methoxy groups -OCH3 is 1. The monoisotopic (exact) mass is 439 g/mol. The van der Waals surface area contributed by atoms with Crippen LogP contribution in [0.4, 0.5) is 5.69 Å². The summed E-state index contributed by atoms with van der Waals surface area (Å²) in [6.07, 6.45) is 4.52. The van der Waals surface area contributed by atoms with E-state index in [4.69, 9.17) is 9.47 Å². The van der Waals surface area contributed by atoms with Crippen molar-refractivity contribution in [1.29, 1.82) is 0 Å². The molecule has 1 fully saturated rings. The molecule has 0 aliphatic carbocycles. The second-order valence-corrected chi connectivity index (χ2v) is 10.3. The van der Waals surface area contributed by atoms with Crippen LogP contribution in [0.15, 0.2) is 48.5 Å². The zero-order valence-corrected chi connectivity index (χ0v) is 21.0. The number of nitrogens with one attached hydrogen (secondary N) is 1. The first kappa shape index (κ1) is 24.6. The van der Waals surface area contributed by atoms with E-state index in [1.165, 1.54) is 42.7 Å². The lowest BCUT2D eigenvalue weighted by molar-refractivity contribution is -0.914. The number of hydrogen-bond donors (Lipinski definition) is 1. The Hall–Kier alpha value is -2.04. The van der Waals surface area contributed by atoms with E-state index in [2.05, 4.69) is 88.3 Å². The summed E-state index contributed by atoms with van der Waals surface area (Å²) in [7, 11) is 5.93. The van der Waals surface area contributed by atoms with Crippen molar-refractivity contribution in [3.05, 3.63) is 59.7 Å². The van der Waals surface area contributed by atoms with Gasteiger partial charge in [0, 0.05) is 43.8 Å². The third kappa shape index (κ3) is 6.26. The molecule has 1 N–H and O–H groups in total. The van der Waals surface area contributed by atoms with Crippen LogP contribution in [-0.4, -0.2) is 46.5 Å². The van der Waals surface area contributed by atoms with Gasteiger partial charge in [0.2, 0.25) is 0 Å². The highest BCUT2D eigenvalue weighted by Gasteiger charge is 2.42. The lowest BCUT2D eigenvalue weighted by Gasteiger charge is -2.45. The first-order valence-corrected chi connectivity index (χ1v) is 12.2. The highest BCUT2D eigenvalue weighted by atomic mass is 16.5. The Morgan fingerprint density at radius 2 is 1.69 bits per heavy atom. The lowest BCUT2D eigenvalue weighted by atomic mass is 9.67. The molecule has 2 aromatic rings. The Labute approximate surface area is 195 Å². The average molecular weight is 440 g/mol. The fourth-order valence-electron chi connectivity index (χ4n) is 5.30. The van der Waals surface area contributed by atoms with Crippen molar-refractivity contribution in [3.8, 4) is 5.75 Å². The van der Waals surface area contributed by atoms with E-state index in [0.717, 1.165) is 31.7 Å². The molecule has 0 bridgehead atoms. The van der Waals surface area contributed by atoms with Gasteiger partial charge in [-0.25, -0.2) is 0 Å². The zero-order chi connectivity index (χ0) is 23.2. The Morgan fingerprint density at radius 1 is 1.00 bits per heavy atom. The van der Waals surface area contributed by atoms with Gasteiger partial charge in [-0.3, -0.25) is 0 Å². The van der Waals surface area contributed by atoms with Crippen LogP contribution in [0.3, 0.4) is 0 Å². The third-order valence-corrected chi connectivity index (χ3v) is 7.01. The van der Waals surface area contributed by atoms with Gasteiger partial charge in [-0.05, 0) is 62.9 Å². The molecule has 32 heavy (non-hydrogen) atoms. The molecular weight excluding hydrogens is 396 g/mol. The highest BCUT2D eigenvalue weighted by Crippen LogP contribution is 2.44. The maximum atomic E-state index is 6.13. The smallest absolute Gasteiger partial charge is 0.118 e. The van der Waals surface area contributed by atoms with Crippen LogP contribution in [0, 0.1) is 0 Å². The van der Waals surface area contributed by atoms with Crippen LogP contribution in [0.25, 0.3) is 0 Å². The van der Waals surface area contributed by atoms with Crippen LogP contribution in [-0.2, 0) is 16.7 Å². The molecule has 1 unspecified atom stereocenters. The van der Waals surface area contributed by atoms with Gasteiger partial charge in [-0.2, -0.15) is 0 Å². The molecule has 0 aromatic heterocycles. The number of hydrogen-bond acceptors (Lipinski definition) is 3. The van der Waals surface area contributed by atoms with Crippen molar-refractivity contribution in [3.63, 3.8) is 0 Å². The number of anilines is 1. The van der Waals surface area contributed by atoms with Gasteiger partial charge in [0.25, 0.3) is 0 Å². The minimum Gasteiger partial charge on any atom is -0.497 e. The highest BCUT2D eigenvalue weighted by molar-refractivity contribution is 5.45. The van der Waals surface area contributed by atoms with Crippen LogP contribution in [0.1, 0.15) is 57.6 Å². The Morgan fingerprint density at radius 3 is 2.25 bits per heavy atom. The molecular formula is C28H43N2O2+. The molecule has 0 saturated carbocycles. The second kappa shape index (κ2) is 10.7. The summed E-state index contributed by atoms with van der Waals surface area (Å²) in [5, 5.41) is 0. The molecule has 176 valence electrons. The Kier molecular flexibility index (Phi) is 8.24.